The largest absolute Gasteiger partial charge is 0.472 e. The van der Waals surface area contributed by atoms with Crippen LogP contribution in [0.2, 0.25) is 0 Å². The summed E-state index contributed by atoms with van der Waals surface area (Å²) in [5.74, 6) is -0.814. The van der Waals surface area contributed by atoms with Gasteiger partial charge in [-0.15, -0.1) is 0 Å². The van der Waals surface area contributed by atoms with Crippen LogP contribution in [-0.2, 0) is 32.7 Å². The number of nitrogens with zero attached hydrogens (tertiary/aromatic N) is 1. The molecule has 0 aromatic rings. The van der Waals surface area contributed by atoms with Crippen molar-refractivity contribution >= 4 is 19.8 Å². The van der Waals surface area contributed by atoms with Crippen molar-refractivity contribution in [1.82, 2.24) is 0 Å². The molecule has 1 unspecified atom stereocenters. The Morgan fingerprint density at radius 2 is 1.11 bits per heavy atom. The summed E-state index contributed by atoms with van der Waals surface area (Å²) >= 11 is 0. The lowest BCUT2D eigenvalue weighted by Crippen LogP contribution is -2.37. The van der Waals surface area contributed by atoms with Crippen LogP contribution >= 0.6 is 7.82 Å². The van der Waals surface area contributed by atoms with Gasteiger partial charge in [0.2, 0.25) is 0 Å². The zero-order chi connectivity index (χ0) is 34.4. The minimum atomic E-state index is -4.36. The first-order chi connectivity index (χ1) is 22.0. The number of hydrogen-bond donors (Lipinski definition) is 1. The Morgan fingerprint density at radius 1 is 0.652 bits per heavy atom. The number of quaternary nitrogens is 1. The van der Waals surface area contributed by atoms with E-state index in [1.807, 2.05) is 21.1 Å². The quantitative estimate of drug-likeness (QED) is 0.0241. The second kappa shape index (κ2) is 29.9. The summed E-state index contributed by atoms with van der Waals surface area (Å²) in [6.45, 7) is 4.34. The van der Waals surface area contributed by atoms with Gasteiger partial charge in [0, 0.05) is 12.8 Å². The molecule has 0 heterocycles. The van der Waals surface area contributed by atoms with Crippen molar-refractivity contribution < 1.29 is 42.1 Å². The molecule has 0 spiro atoms. The predicted octanol–water partition coefficient (Wildman–Crippen LogP) is 9.46. The lowest BCUT2D eigenvalue weighted by molar-refractivity contribution is -0.870. The molecule has 272 valence electrons. The second-order valence-electron chi connectivity index (χ2n) is 13.6. The number of likely N-dealkylation sites (N-methyl/N-ethyl adjacent to an activating group) is 1. The fourth-order valence-electron chi connectivity index (χ4n) is 4.83. The normalized spacial score (nSPS) is 14.0. The monoisotopic (exact) mass is 676 g/mol. The Balaban J connectivity index is 4.41. The van der Waals surface area contributed by atoms with Gasteiger partial charge in [0.1, 0.15) is 19.8 Å². The van der Waals surface area contributed by atoms with Crippen LogP contribution in [0.1, 0.15) is 155 Å². The Kier molecular flexibility index (Phi) is 29.0. The maximum absolute atomic E-state index is 12.6. The summed E-state index contributed by atoms with van der Waals surface area (Å²) in [6.07, 6.45) is 27.0. The van der Waals surface area contributed by atoms with Gasteiger partial charge in [0.05, 0.1) is 27.7 Å². The molecule has 10 heteroatoms. The maximum Gasteiger partial charge on any atom is 0.472 e. The highest BCUT2D eigenvalue weighted by atomic mass is 31.2. The first-order valence-corrected chi connectivity index (χ1v) is 19.9. The van der Waals surface area contributed by atoms with Crippen molar-refractivity contribution in [3.8, 4) is 0 Å². The number of esters is 2. The smallest absolute Gasteiger partial charge is 0.462 e. The van der Waals surface area contributed by atoms with Crippen molar-refractivity contribution in [3.63, 3.8) is 0 Å². The molecule has 0 amide bonds. The Morgan fingerprint density at radius 3 is 1.61 bits per heavy atom. The maximum atomic E-state index is 12.6. The molecule has 1 N–H and O–H groups in total. The van der Waals surface area contributed by atoms with E-state index >= 15 is 0 Å². The molecule has 0 rings (SSSR count). The molecule has 46 heavy (non-hydrogen) atoms. The van der Waals surface area contributed by atoms with E-state index in [4.69, 9.17) is 18.5 Å². The van der Waals surface area contributed by atoms with Gasteiger partial charge < -0.3 is 18.9 Å². The molecule has 0 aromatic heterocycles. The van der Waals surface area contributed by atoms with Crippen LogP contribution in [0.5, 0.6) is 0 Å². The van der Waals surface area contributed by atoms with Crippen LogP contribution in [0, 0.1) is 0 Å². The number of ether oxygens (including phenoxy) is 2. The van der Waals surface area contributed by atoms with Crippen LogP contribution in [0.4, 0.5) is 0 Å². The fourth-order valence-corrected chi connectivity index (χ4v) is 5.57. The van der Waals surface area contributed by atoms with E-state index in [2.05, 4.69) is 26.0 Å². The third kappa shape index (κ3) is 32.7. The highest BCUT2D eigenvalue weighted by Crippen LogP contribution is 2.43. The average Bonchev–Trinajstić information content (AvgIpc) is 2.99. The number of unbranched alkanes of at least 4 members (excludes halogenated alkanes) is 17. The molecule has 0 aliphatic rings. The summed E-state index contributed by atoms with van der Waals surface area (Å²) < 4.78 is 34.0. The van der Waals surface area contributed by atoms with Gasteiger partial charge in [-0.3, -0.25) is 18.6 Å². The van der Waals surface area contributed by atoms with Crippen molar-refractivity contribution in [2.45, 2.75) is 161 Å². The summed E-state index contributed by atoms with van der Waals surface area (Å²) in [7, 11) is 1.47. The standard InChI is InChI=1S/C36H70NO8P/c1-6-8-10-12-14-15-16-17-18-19-20-21-23-25-27-29-36(39)45-34(33-44-46(40,41)43-31-30-37(3,4)5)32-42-35(38)28-26-24-22-13-11-9-7-2/h17-18,34H,6-16,19-33H2,1-5H3/p+1/b18-17+/t34-/m1/s1. The summed E-state index contributed by atoms with van der Waals surface area (Å²) in [5, 5.41) is 0. The number of phosphoric ester groups is 1. The topological polar surface area (TPSA) is 108 Å². The van der Waals surface area contributed by atoms with Crippen LogP contribution in [0.25, 0.3) is 0 Å². The summed E-state index contributed by atoms with van der Waals surface area (Å²) in [5.41, 5.74) is 0. The number of carbonyl (C=O) groups excluding carboxylic acids is 2. The van der Waals surface area contributed by atoms with Gasteiger partial charge in [-0.2, -0.15) is 0 Å². The van der Waals surface area contributed by atoms with E-state index in [0.717, 1.165) is 51.4 Å². The second-order valence-corrected chi connectivity index (χ2v) is 15.1. The van der Waals surface area contributed by atoms with Crippen LogP contribution in [0.3, 0.4) is 0 Å². The lowest BCUT2D eigenvalue weighted by atomic mass is 10.1. The molecule has 0 radical (unpaired) electrons. The number of phosphoric acid groups is 1. The van der Waals surface area contributed by atoms with Crippen LogP contribution in [-0.4, -0.2) is 74.9 Å². The lowest BCUT2D eigenvalue weighted by Gasteiger charge is -2.24. The van der Waals surface area contributed by atoms with Crippen molar-refractivity contribution in [2.24, 2.45) is 0 Å². The van der Waals surface area contributed by atoms with E-state index in [1.54, 1.807) is 0 Å². The average molecular weight is 677 g/mol. The number of hydrogen-bond acceptors (Lipinski definition) is 7. The molecule has 2 atom stereocenters. The molecule has 0 fully saturated rings. The van der Waals surface area contributed by atoms with E-state index < -0.39 is 26.5 Å². The van der Waals surface area contributed by atoms with Crippen LogP contribution < -0.4 is 0 Å². The van der Waals surface area contributed by atoms with E-state index in [0.29, 0.717) is 17.4 Å². The molecular formula is C36H71NO8P+. The van der Waals surface area contributed by atoms with Gasteiger partial charge in [-0.1, -0.05) is 116 Å². The van der Waals surface area contributed by atoms with Gasteiger partial charge in [-0.25, -0.2) is 4.57 Å². The van der Waals surface area contributed by atoms with E-state index in [9.17, 15) is 19.0 Å². The number of allylic oxidation sites excluding steroid dienone is 2. The fraction of sp³-hybridized carbons (Fsp3) is 0.889. The van der Waals surface area contributed by atoms with Crippen molar-refractivity contribution in [2.75, 3.05) is 47.5 Å². The van der Waals surface area contributed by atoms with Gasteiger partial charge in [-0.05, 0) is 38.5 Å². The molecule has 0 bridgehead atoms. The van der Waals surface area contributed by atoms with Gasteiger partial charge in [0.15, 0.2) is 6.10 Å². The van der Waals surface area contributed by atoms with Gasteiger partial charge in [0.25, 0.3) is 0 Å². The number of carbonyl (C=O) groups is 2. The molecule has 0 saturated carbocycles. The van der Waals surface area contributed by atoms with Crippen molar-refractivity contribution in [1.29, 1.82) is 0 Å². The zero-order valence-corrected chi connectivity index (χ0v) is 31.2. The molecule has 0 aliphatic heterocycles. The summed E-state index contributed by atoms with van der Waals surface area (Å²) in [4.78, 5) is 35.0. The molecule has 0 aliphatic carbocycles. The summed E-state index contributed by atoms with van der Waals surface area (Å²) in [6, 6.07) is 0. The minimum absolute atomic E-state index is 0.0324. The first-order valence-electron chi connectivity index (χ1n) is 18.4. The third-order valence-corrected chi connectivity index (χ3v) is 8.78. The number of rotatable bonds is 33. The Hall–Kier alpha value is -1.25. The van der Waals surface area contributed by atoms with E-state index in [-0.39, 0.29) is 32.0 Å². The Bertz CT molecular complexity index is 814. The third-order valence-electron chi connectivity index (χ3n) is 7.80. The predicted molar refractivity (Wildman–Crippen MR) is 188 cm³/mol. The van der Waals surface area contributed by atoms with Gasteiger partial charge >= 0.3 is 19.8 Å². The zero-order valence-electron chi connectivity index (χ0n) is 30.3. The molecular weight excluding hydrogens is 605 g/mol. The molecule has 0 aromatic carbocycles. The van der Waals surface area contributed by atoms with Crippen molar-refractivity contribution in [3.05, 3.63) is 12.2 Å². The SMILES string of the molecule is CCCCCCCC/C=C/CCCCCCCC(=O)O[C@H](COC(=O)CCCCCCCCC)COP(=O)(O)OCC[N+](C)(C)C. The highest BCUT2D eigenvalue weighted by molar-refractivity contribution is 7.47. The van der Waals surface area contributed by atoms with E-state index in [1.165, 1.54) is 70.6 Å². The molecule has 9 nitrogen and oxygen atoms in total. The Labute approximate surface area is 282 Å². The first kappa shape index (κ1) is 44.8. The highest BCUT2D eigenvalue weighted by Gasteiger charge is 2.27. The minimum Gasteiger partial charge on any atom is -0.462 e. The molecule has 0 saturated heterocycles. The van der Waals surface area contributed by atoms with Crippen LogP contribution in [0.15, 0.2) is 12.2 Å².